The lowest BCUT2D eigenvalue weighted by Crippen LogP contribution is -2.22. The molecule has 3 aromatic rings. The molecule has 0 aliphatic carbocycles. The molecule has 0 amide bonds. The average molecular weight is 286 g/mol. The number of aromatic nitrogens is 1. The molecule has 0 radical (unpaired) electrons. The van der Waals surface area contributed by atoms with Crippen molar-refractivity contribution in [2.24, 2.45) is 16.5 Å². The molecule has 106 valence electrons. The Kier molecular flexibility index (Phi) is 3.71. The van der Waals surface area contributed by atoms with Crippen LogP contribution in [-0.4, -0.2) is 10.9 Å². The van der Waals surface area contributed by atoms with Gasteiger partial charge in [0.2, 0.25) is 0 Å². The van der Waals surface area contributed by atoms with Crippen LogP contribution in [0.4, 0.5) is 5.82 Å². The molecule has 0 atom stereocenters. The maximum Gasteiger partial charge on any atom is 0.192 e. The maximum absolute atomic E-state index is 5.50. The second kappa shape index (κ2) is 5.98. The summed E-state index contributed by atoms with van der Waals surface area (Å²) in [5, 5.41) is 0. The Morgan fingerprint density at radius 3 is 2.50 bits per heavy atom. The molecule has 22 heavy (non-hydrogen) atoms. The van der Waals surface area contributed by atoms with E-state index in [0.29, 0.717) is 5.82 Å². The van der Waals surface area contributed by atoms with Crippen molar-refractivity contribution in [1.29, 1.82) is 0 Å². The van der Waals surface area contributed by atoms with Crippen LogP contribution in [-0.2, 0) is 0 Å². The van der Waals surface area contributed by atoms with E-state index in [-0.39, 0.29) is 5.96 Å². The minimum atomic E-state index is -0.0166. The van der Waals surface area contributed by atoms with Crippen molar-refractivity contribution in [3.8, 4) is 22.3 Å². The van der Waals surface area contributed by atoms with Gasteiger partial charge in [0.1, 0.15) is 0 Å². The van der Waals surface area contributed by atoms with Crippen molar-refractivity contribution in [3.05, 3.63) is 72.9 Å². The number of nitrogens with two attached hydrogens (primary N) is 2. The van der Waals surface area contributed by atoms with Crippen molar-refractivity contribution in [2.75, 3.05) is 0 Å². The molecule has 4 heteroatoms. The Labute approximate surface area is 129 Å². The lowest BCUT2D eigenvalue weighted by molar-refractivity contribution is 1.26. The van der Waals surface area contributed by atoms with E-state index in [2.05, 4.69) is 22.1 Å². The number of rotatable bonds is 3. The van der Waals surface area contributed by atoms with Crippen molar-refractivity contribution in [2.45, 2.75) is 0 Å². The lowest BCUT2D eigenvalue weighted by atomic mass is 10.0. The highest BCUT2D eigenvalue weighted by Gasteiger charge is 2.09. The summed E-state index contributed by atoms with van der Waals surface area (Å²) in [4.78, 5) is 8.50. The van der Waals surface area contributed by atoms with Crippen molar-refractivity contribution in [1.82, 2.24) is 4.98 Å². The van der Waals surface area contributed by atoms with Gasteiger partial charge in [0.25, 0.3) is 0 Å². The molecule has 1 heterocycles. The van der Waals surface area contributed by atoms with Gasteiger partial charge in [-0.25, -0.2) is 4.98 Å². The summed E-state index contributed by atoms with van der Waals surface area (Å²) >= 11 is 0. The van der Waals surface area contributed by atoms with Crippen LogP contribution in [0.5, 0.6) is 0 Å². The molecule has 4 nitrogen and oxygen atoms in total. The molecule has 0 saturated carbocycles. The van der Waals surface area contributed by atoms with Gasteiger partial charge in [-0.2, -0.15) is 4.99 Å². The molecule has 4 N–H and O–H groups in total. The highest BCUT2D eigenvalue weighted by atomic mass is 15.0. The van der Waals surface area contributed by atoms with E-state index in [0.717, 1.165) is 22.3 Å². The van der Waals surface area contributed by atoms with Crippen LogP contribution in [0.2, 0.25) is 0 Å². The Bertz CT molecular complexity index is 792. The Hall–Kier alpha value is -3.32. The second-order valence-corrected chi connectivity index (χ2v) is 4.71. The topological polar surface area (TPSA) is 77.3 Å². The van der Waals surface area contributed by atoms with Gasteiger partial charge in [-0.1, -0.05) is 48.5 Å². The van der Waals surface area contributed by atoms with E-state index in [4.69, 9.17) is 11.5 Å². The smallest absolute Gasteiger partial charge is 0.192 e. The van der Waals surface area contributed by atoms with E-state index in [1.165, 1.54) is 0 Å². The quantitative estimate of drug-likeness (QED) is 0.574. The zero-order valence-corrected chi connectivity index (χ0v) is 11.8. The fraction of sp³-hybridized carbons (Fsp3) is 0. The normalized spacial score (nSPS) is 9.82. The molecular weight excluding hydrogens is 272 g/mol. The van der Waals surface area contributed by atoms with Crippen LogP contribution in [0.3, 0.4) is 0 Å². The summed E-state index contributed by atoms with van der Waals surface area (Å²) in [5.41, 5.74) is 14.7. The molecule has 0 aliphatic heterocycles. The average Bonchev–Trinajstić information content (AvgIpc) is 2.56. The van der Waals surface area contributed by atoms with Gasteiger partial charge in [0.15, 0.2) is 11.8 Å². The second-order valence-electron chi connectivity index (χ2n) is 4.71. The Morgan fingerprint density at radius 1 is 1.00 bits per heavy atom. The molecule has 3 rings (SSSR count). The van der Waals surface area contributed by atoms with Crippen LogP contribution in [0, 0.1) is 12.1 Å². The Morgan fingerprint density at radius 2 is 1.82 bits per heavy atom. The van der Waals surface area contributed by atoms with Crippen molar-refractivity contribution < 1.29 is 0 Å². The molecule has 1 aromatic heterocycles. The van der Waals surface area contributed by atoms with Gasteiger partial charge in [0.05, 0.1) is 0 Å². The van der Waals surface area contributed by atoms with E-state index in [9.17, 15) is 0 Å². The van der Waals surface area contributed by atoms with Crippen LogP contribution in [0.25, 0.3) is 22.3 Å². The maximum atomic E-state index is 5.50. The minimum Gasteiger partial charge on any atom is -0.370 e. The molecule has 0 bridgehead atoms. The first-order chi connectivity index (χ1) is 10.7. The van der Waals surface area contributed by atoms with E-state index in [1.807, 2.05) is 54.6 Å². The summed E-state index contributed by atoms with van der Waals surface area (Å²) in [5.74, 6) is 0.479. The SMILES string of the molecule is NC(N)=Nc1ncc(-c2c#cccc2)cc1-c1ccccc1. The number of guanidine groups is 1. The van der Waals surface area contributed by atoms with Crippen LogP contribution < -0.4 is 11.5 Å². The van der Waals surface area contributed by atoms with Gasteiger partial charge < -0.3 is 11.5 Å². The number of aliphatic imine (C=N–C) groups is 1. The fourth-order valence-corrected chi connectivity index (χ4v) is 2.17. The zero-order valence-electron chi connectivity index (χ0n) is 11.8. The zero-order chi connectivity index (χ0) is 15.4. The lowest BCUT2D eigenvalue weighted by Gasteiger charge is -2.08. The summed E-state index contributed by atoms with van der Waals surface area (Å²) in [6.45, 7) is 0. The fourth-order valence-electron chi connectivity index (χ4n) is 2.17. The molecule has 0 spiro atoms. The predicted molar refractivity (Wildman–Crippen MR) is 88.3 cm³/mol. The molecule has 0 aliphatic rings. The summed E-state index contributed by atoms with van der Waals surface area (Å²) in [6, 6.07) is 23.6. The van der Waals surface area contributed by atoms with Gasteiger partial charge >= 0.3 is 0 Å². The predicted octanol–water partition coefficient (Wildman–Crippen LogP) is 2.92. The third-order valence-corrected chi connectivity index (χ3v) is 3.15. The summed E-state index contributed by atoms with van der Waals surface area (Å²) < 4.78 is 0. The molecule has 0 fully saturated rings. The van der Waals surface area contributed by atoms with E-state index >= 15 is 0 Å². The first-order valence-electron chi connectivity index (χ1n) is 6.78. The molecule has 0 unspecified atom stereocenters. The summed E-state index contributed by atoms with van der Waals surface area (Å²) in [7, 11) is 0. The van der Waals surface area contributed by atoms with Gasteiger partial charge in [-0.15, -0.1) is 0 Å². The number of hydrogen-bond donors (Lipinski definition) is 2. The number of nitrogens with zero attached hydrogens (tertiary/aromatic N) is 2. The van der Waals surface area contributed by atoms with Gasteiger partial charge in [-0.3, -0.25) is 0 Å². The molecular formula is C18H14N4. The monoisotopic (exact) mass is 286 g/mol. The third kappa shape index (κ3) is 2.89. The third-order valence-electron chi connectivity index (χ3n) is 3.15. The van der Waals surface area contributed by atoms with Crippen molar-refractivity contribution in [3.63, 3.8) is 0 Å². The van der Waals surface area contributed by atoms with Crippen LogP contribution in [0.15, 0.2) is 65.8 Å². The van der Waals surface area contributed by atoms with Crippen LogP contribution in [0.1, 0.15) is 0 Å². The van der Waals surface area contributed by atoms with E-state index in [1.54, 1.807) is 6.20 Å². The molecule has 2 aromatic carbocycles. The van der Waals surface area contributed by atoms with Crippen LogP contribution >= 0.6 is 0 Å². The highest BCUT2D eigenvalue weighted by Crippen LogP contribution is 2.31. The van der Waals surface area contributed by atoms with E-state index < -0.39 is 0 Å². The van der Waals surface area contributed by atoms with Gasteiger partial charge in [0, 0.05) is 22.9 Å². The first-order valence-corrected chi connectivity index (χ1v) is 6.78. The molecule has 0 saturated heterocycles. The minimum absolute atomic E-state index is 0.0166. The van der Waals surface area contributed by atoms with Gasteiger partial charge in [-0.05, 0) is 23.8 Å². The highest BCUT2D eigenvalue weighted by molar-refractivity contribution is 5.84. The first kappa shape index (κ1) is 13.7. The largest absolute Gasteiger partial charge is 0.370 e. The summed E-state index contributed by atoms with van der Waals surface area (Å²) in [6.07, 6.45) is 1.73. The Balaban J connectivity index is 2.17. The number of pyridine rings is 1. The number of hydrogen-bond acceptors (Lipinski definition) is 2. The number of benzene rings is 1. The standard InChI is InChI=1S/C18H14N4/c19-18(20)22-17-16(14-9-5-2-6-10-14)11-15(12-21-17)13-7-3-1-4-8-13/h1-3,5-7,9-12H,(H4,19,20,21,22). The van der Waals surface area contributed by atoms with Crippen molar-refractivity contribution >= 4 is 11.8 Å².